The van der Waals surface area contributed by atoms with Crippen LogP contribution >= 0.6 is 7.92 Å². The van der Waals surface area contributed by atoms with E-state index < -0.39 is 0 Å². The molecule has 25 heavy (non-hydrogen) atoms. The molecule has 0 aromatic heterocycles. The van der Waals surface area contributed by atoms with Crippen molar-refractivity contribution in [2.75, 3.05) is 0 Å². The molecule has 0 N–H and O–H groups in total. The third kappa shape index (κ3) is 3.75. The highest BCUT2D eigenvalue weighted by molar-refractivity contribution is 7.68. The summed E-state index contributed by atoms with van der Waals surface area (Å²) in [5.41, 5.74) is 7.23. The molecule has 0 fully saturated rings. The molecule has 0 aliphatic heterocycles. The first-order chi connectivity index (χ1) is 11.9. The van der Waals surface area contributed by atoms with Crippen LogP contribution in [0.15, 0.2) is 76.9 Å². The van der Waals surface area contributed by atoms with Gasteiger partial charge in [-0.05, 0) is 42.1 Å². The minimum Gasteiger partial charge on any atom is -0.0693 e. The van der Waals surface area contributed by atoms with Crippen LogP contribution in [-0.4, -0.2) is 11.3 Å². The zero-order valence-corrected chi connectivity index (χ0v) is 17.3. The summed E-state index contributed by atoms with van der Waals surface area (Å²) in [5.74, 6) is 1.21. The highest BCUT2D eigenvalue weighted by Crippen LogP contribution is 2.56. The summed E-state index contributed by atoms with van der Waals surface area (Å²) in [6.45, 7) is 13.9. The molecule has 0 bridgehead atoms. The smallest absolute Gasteiger partial charge is 0.0235 e. The third-order valence-electron chi connectivity index (χ3n) is 5.41. The lowest BCUT2D eigenvalue weighted by molar-refractivity contribution is 0.792. The molecule has 0 saturated carbocycles. The molecule has 2 atom stereocenters. The van der Waals surface area contributed by atoms with Crippen molar-refractivity contribution in [1.82, 2.24) is 0 Å². The maximum atomic E-state index is 2.56. The van der Waals surface area contributed by atoms with Gasteiger partial charge in [-0.15, -0.1) is 0 Å². The number of allylic oxidation sites excluding steroid dienone is 8. The summed E-state index contributed by atoms with van der Waals surface area (Å²) in [6, 6.07) is 11.2. The van der Waals surface area contributed by atoms with Crippen molar-refractivity contribution in [3.8, 4) is 0 Å². The lowest BCUT2D eigenvalue weighted by atomic mass is 10.1. The number of hydrogen-bond acceptors (Lipinski definition) is 0. The molecule has 0 spiro atoms. The maximum absolute atomic E-state index is 2.56. The maximum Gasteiger partial charge on any atom is 0.0235 e. The average Bonchev–Trinajstić information content (AvgIpc) is 3.14. The predicted molar refractivity (Wildman–Crippen MR) is 114 cm³/mol. The van der Waals surface area contributed by atoms with Gasteiger partial charge in [-0.25, -0.2) is 0 Å². The molecule has 0 radical (unpaired) electrons. The van der Waals surface area contributed by atoms with Crippen molar-refractivity contribution >= 4 is 13.2 Å². The van der Waals surface area contributed by atoms with E-state index in [-0.39, 0.29) is 7.92 Å². The van der Waals surface area contributed by atoms with E-state index in [1.807, 2.05) is 0 Å². The zero-order chi connectivity index (χ0) is 18.1. The van der Waals surface area contributed by atoms with E-state index in [1.165, 1.54) is 27.6 Å². The van der Waals surface area contributed by atoms with E-state index in [0.717, 1.165) is 0 Å². The van der Waals surface area contributed by atoms with Crippen LogP contribution in [-0.2, 0) is 0 Å². The Hall–Kier alpha value is -1.39. The molecule has 2 unspecified atom stereocenters. The highest BCUT2D eigenvalue weighted by Gasteiger charge is 2.34. The van der Waals surface area contributed by atoms with Gasteiger partial charge >= 0.3 is 0 Å². The van der Waals surface area contributed by atoms with E-state index >= 15 is 0 Å². The lowest BCUT2D eigenvalue weighted by Gasteiger charge is -2.31. The molecule has 0 saturated heterocycles. The van der Waals surface area contributed by atoms with E-state index in [1.54, 1.807) is 0 Å². The van der Waals surface area contributed by atoms with Crippen LogP contribution in [0.1, 0.15) is 41.5 Å². The SMILES string of the molecule is CC1=CC(C(C)C)=CC1P(c1ccccc1)C1C=C(C(C)C)C=C1C. The summed E-state index contributed by atoms with van der Waals surface area (Å²) in [5, 5.41) is 1.52. The largest absolute Gasteiger partial charge is 0.0693 e. The summed E-state index contributed by atoms with van der Waals surface area (Å²) in [7, 11) is -0.329. The molecular weight excluding hydrogens is 319 g/mol. The molecule has 1 aromatic rings. The molecule has 2 aliphatic rings. The van der Waals surface area contributed by atoms with Crippen LogP contribution in [0.2, 0.25) is 0 Å². The second-order valence-electron chi connectivity index (χ2n) is 8.05. The Labute approximate surface area is 155 Å². The summed E-state index contributed by atoms with van der Waals surface area (Å²) >= 11 is 0. The van der Waals surface area contributed by atoms with Gasteiger partial charge < -0.3 is 0 Å². The second-order valence-corrected chi connectivity index (χ2v) is 10.5. The van der Waals surface area contributed by atoms with Gasteiger partial charge in [0.2, 0.25) is 0 Å². The van der Waals surface area contributed by atoms with Crippen molar-refractivity contribution in [3.05, 3.63) is 76.9 Å². The van der Waals surface area contributed by atoms with Gasteiger partial charge in [0.1, 0.15) is 0 Å². The molecule has 3 rings (SSSR count). The Morgan fingerprint density at radius 2 is 1.16 bits per heavy atom. The Morgan fingerprint density at radius 1 is 0.720 bits per heavy atom. The van der Waals surface area contributed by atoms with Crippen LogP contribution in [0, 0.1) is 11.8 Å². The molecule has 0 nitrogen and oxygen atoms in total. The molecule has 0 heterocycles. The van der Waals surface area contributed by atoms with E-state index in [2.05, 4.69) is 96.2 Å². The number of hydrogen-bond donors (Lipinski definition) is 0. The predicted octanol–water partition coefficient (Wildman–Crippen LogP) is 6.62. The van der Waals surface area contributed by atoms with Crippen LogP contribution in [0.25, 0.3) is 0 Å². The average molecular weight is 350 g/mol. The van der Waals surface area contributed by atoms with Gasteiger partial charge in [-0.1, -0.05) is 101 Å². The fraction of sp³-hybridized carbons (Fsp3) is 0.417. The van der Waals surface area contributed by atoms with Gasteiger partial charge in [0, 0.05) is 11.3 Å². The summed E-state index contributed by atoms with van der Waals surface area (Å²) in [6.07, 6.45) is 10.0. The minimum atomic E-state index is -0.329. The van der Waals surface area contributed by atoms with Gasteiger partial charge in [0.05, 0.1) is 0 Å². The monoisotopic (exact) mass is 350 g/mol. The Balaban J connectivity index is 2.05. The van der Waals surface area contributed by atoms with Crippen molar-refractivity contribution in [3.63, 3.8) is 0 Å². The molecule has 2 aliphatic carbocycles. The first kappa shape index (κ1) is 18.4. The van der Waals surface area contributed by atoms with Gasteiger partial charge in [0.25, 0.3) is 0 Å². The Bertz CT molecular complexity index is 698. The summed E-state index contributed by atoms with van der Waals surface area (Å²) < 4.78 is 0. The van der Waals surface area contributed by atoms with Gasteiger partial charge in [0.15, 0.2) is 0 Å². The fourth-order valence-corrected chi connectivity index (χ4v) is 7.03. The Morgan fingerprint density at radius 3 is 1.52 bits per heavy atom. The van der Waals surface area contributed by atoms with Crippen molar-refractivity contribution in [1.29, 1.82) is 0 Å². The van der Waals surface area contributed by atoms with E-state index in [4.69, 9.17) is 0 Å². The van der Waals surface area contributed by atoms with Crippen LogP contribution in [0.3, 0.4) is 0 Å². The zero-order valence-electron chi connectivity index (χ0n) is 16.5. The van der Waals surface area contributed by atoms with Gasteiger partial charge in [-0.2, -0.15) is 0 Å². The van der Waals surface area contributed by atoms with Crippen molar-refractivity contribution in [2.24, 2.45) is 11.8 Å². The van der Waals surface area contributed by atoms with E-state index in [9.17, 15) is 0 Å². The third-order valence-corrected chi connectivity index (χ3v) is 8.62. The van der Waals surface area contributed by atoms with Crippen molar-refractivity contribution in [2.45, 2.75) is 52.9 Å². The standard InChI is InChI=1S/C24H31P/c1-16(2)20-12-18(5)23(14-20)25(22-10-8-7-9-11-22)24-15-21(17(3)4)13-19(24)6/h7-17,23-24H,1-6H3. The van der Waals surface area contributed by atoms with Gasteiger partial charge in [-0.3, -0.25) is 0 Å². The molecule has 132 valence electrons. The van der Waals surface area contributed by atoms with Crippen LogP contribution in [0.4, 0.5) is 0 Å². The fourth-order valence-electron chi connectivity index (χ4n) is 3.83. The topological polar surface area (TPSA) is 0 Å². The Kier molecular flexibility index (Phi) is 5.49. The molecule has 0 amide bonds. The summed E-state index contributed by atoms with van der Waals surface area (Å²) in [4.78, 5) is 0. The molecule has 1 aromatic carbocycles. The lowest BCUT2D eigenvalue weighted by Crippen LogP contribution is -2.20. The molecule has 1 heteroatoms. The first-order valence-electron chi connectivity index (χ1n) is 9.51. The van der Waals surface area contributed by atoms with Crippen LogP contribution in [0.5, 0.6) is 0 Å². The first-order valence-corrected chi connectivity index (χ1v) is 11.0. The minimum absolute atomic E-state index is 0.329. The second kappa shape index (κ2) is 7.46. The molecular formula is C24H31P. The quantitative estimate of drug-likeness (QED) is 0.524. The highest BCUT2D eigenvalue weighted by atomic mass is 31.1. The number of benzene rings is 1. The normalized spacial score (nSPS) is 24.3. The van der Waals surface area contributed by atoms with Crippen LogP contribution < -0.4 is 5.30 Å². The number of rotatable bonds is 5. The van der Waals surface area contributed by atoms with Crippen molar-refractivity contribution < 1.29 is 0 Å². The van der Waals surface area contributed by atoms with E-state index in [0.29, 0.717) is 23.2 Å².